The molecular weight excluding hydrogens is 327 g/mol. The molecule has 1 saturated heterocycles. The molecule has 8 nitrogen and oxygen atoms in total. The third kappa shape index (κ3) is 2.67. The van der Waals surface area contributed by atoms with Gasteiger partial charge in [-0.3, -0.25) is 19.3 Å². The lowest BCUT2D eigenvalue weighted by Gasteiger charge is -2.32. The van der Waals surface area contributed by atoms with Crippen molar-refractivity contribution in [3.63, 3.8) is 0 Å². The van der Waals surface area contributed by atoms with Crippen molar-refractivity contribution in [1.82, 2.24) is 29.6 Å². The molecule has 0 aromatic carbocycles. The minimum Gasteiger partial charge on any atom is -0.338 e. The molecule has 0 spiro atoms. The molecule has 0 saturated carbocycles. The van der Waals surface area contributed by atoms with E-state index in [1.165, 1.54) is 4.68 Å². The smallest absolute Gasteiger partial charge is 0.277 e. The van der Waals surface area contributed by atoms with Crippen LogP contribution in [0.3, 0.4) is 0 Å². The molecule has 0 bridgehead atoms. The van der Waals surface area contributed by atoms with E-state index in [0.29, 0.717) is 31.5 Å². The molecule has 1 aliphatic rings. The second-order valence-corrected chi connectivity index (χ2v) is 5.92. The summed E-state index contributed by atoms with van der Waals surface area (Å²) >= 11 is 0. The second-order valence-electron chi connectivity index (χ2n) is 5.92. The number of likely N-dealkylation sites (tertiary alicyclic amines) is 1. The van der Waals surface area contributed by atoms with Gasteiger partial charge < -0.3 is 9.88 Å². The predicted molar refractivity (Wildman–Crippen MR) is 86.5 cm³/mol. The van der Waals surface area contributed by atoms with Crippen LogP contribution < -0.4 is 5.56 Å². The van der Waals surface area contributed by atoms with E-state index in [2.05, 4.69) is 20.1 Å². The number of pyridine rings is 1. The van der Waals surface area contributed by atoms with Gasteiger partial charge in [-0.15, -0.1) is 5.10 Å². The number of nitrogens with zero attached hydrogens (tertiary/aromatic N) is 5. The van der Waals surface area contributed by atoms with Crippen molar-refractivity contribution in [3.05, 3.63) is 52.7 Å². The molecule has 1 fully saturated rings. The first kappa shape index (κ1) is 15.4. The summed E-state index contributed by atoms with van der Waals surface area (Å²) in [6.07, 6.45) is 5.49. The van der Waals surface area contributed by atoms with Gasteiger partial charge in [-0.05, 0) is 25.0 Å². The van der Waals surface area contributed by atoms with Gasteiger partial charge in [0, 0.05) is 31.0 Å². The Hall–Kier alpha value is -3.10. The largest absolute Gasteiger partial charge is 0.338 e. The van der Waals surface area contributed by atoms with E-state index >= 15 is 0 Å². The number of piperidine rings is 1. The zero-order valence-corrected chi connectivity index (χ0v) is 13.2. The Morgan fingerprint density at radius 2 is 1.96 bits per heavy atom. The van der Waals surface area contributed by atoms with E-state index in [-0.39, 0.29) is 23.0 Å². The average molecular weight is 342 g/mol. The summed E-state index contributed by atoms with van der Waals surface area (Å²) in [5.74, 6) is -0.812. The number of nitrogens with one attached hydrogen (secondary N) is 1. The lowest BCUT2D eigenvalue weighted by atomic mass is 10.0. The maximum atomic E-state index is 14.0. The van der Waals surface area contributed by atoms with Gasteiger partial charge in [-0.2, -0.15) is 4.39 Å². The summed E-state index contributed by atoms with van der Waals surface area (Å²) in [5.41, 5.74) is 0.277. The van der Waals surface area contributed by atoms with Crippen LogP contribution in [0.25, 0.3) is 11.0 Å². The number of H-pyrrole nitrogens is 1. The minimum absolute atomic E-state index is 0.0287. The molecule has 0 atom stereocenters. The van der Waals surface area contributed by atoms with Crippen LogP contribution in [-0.2, 0) is 0 Å². The third-order valence-corrected chi connectivity index (χ3v) is 4.47. The molecule has 0 aliphatic carbocycles. The Morgan fingerprint density at radius 1 is 1.24 bits per heavy atom. The summed E-state index contributed by atoms with van der Waals surface area (Å²) in [5, 5.41) is 3.86. The topological polar surface area (TPSA) is 96.8 Å². The number of rotatable bonds is 2. The molecule has 3 aromatic rings. The van der Waals surface area contributed by atoms with Crippen LogP contribution in [0, 0.1) is 5.95 Å². The minimum atomic E-state index is -0.753. The summed E-state index contributed by atoms with van der Waals surface area (Å²) in [7, 11) is 0. The predicted octanol–water partition coefficient (Wildman–Crippen LogP) is 1.13. The third-order valence-electron chi connectivity index (χ3n) is 4.47. The number of fused-ring (bicyclic) bond motifs is 1. The van der Waals surface area contributed by atoms with Crippen LogP contribution in [0.5, 0.6) is 0 Å². The highest BCUT2D eigenvalue weighted by atomic mass is 19.1. The number of amides is 1. The number of hydrogen-bond donors (Lipinski definition) is 1. The molecule has 4 rings (SSSR count). The van der Waals surface area contributed by atoms with Crippen LogP contribution in [0.2, 0.25) is 0 Å². The molecule has 1 amide bonds. The molecular formula is C16H15FN6O2. The van der Waals surface area contributed by atoms with Crippen LogP contribution in [-0.4, -0.2) is 48.6 Å². The number of carbonyl (C=O) groups excluding carboxylic acids is 1. The standard InChI is InChI=1S/C16H15FN6O2/c17-14-12-13(15(24)20-9-19-12)23(21-14)11-3-7-22(8-4-11)16(25)10-1-5-18-6-2-10/h1-2,5-6,9,11H,3-4,7-8H2,(H,19,20,24). The highest BCUT2D eigenvalue weighted by molar-refractivity contribution is 5.94. The molecule has 128 valence electrons. The van der Waals surface area contributed by atoms with Crippen LogP contribution in [0.15, 0.2) is 35.6 Å². The number of hydrogen-bond acceptors (Lipinski definition) is 5. The lowest BCUT2D eigenvalue weighted by molar-refractivity contribution is 0.0690. The maximum absolute atomic E-state index is 14.0. The molecule has 1 N–H and O–H groups in total. The van der Waals surface area contributed by atoms with Gasteiger partial charge >= 0.3 is 0 Å². The quantitative estimate of drug-likeness (QED) is 0.753. The SMILES string of the molecule is O=C(c1ccncc1)N1CCC(n2nc(F)c3nc[nH]c(=O)c32)CC1. The van der Waals surface area contributed by atoms with Gasteiger partial charge in [-0.1, -0.05) is 0 Å². The highest BCUT2D eigenvalue weighted by Gasteiger charge is 2.28. The monoisotopic (exact) mass is 342 g/mol. The van der Waals surface area contributed by atoms with E-state index in [9.17, 15) is 14.0 Å². The second kappa shape index (κ2) is 6.08. The Kier molecular flexibility index (Phi) is 3.75. The number of carbonyl (C=O) groups is 1. The molecule has 9 heteroatoms. The molecule has 4 heterocycles. The number of aromatic nitrogens is 5. The zero-order chi connectivity index (χ0) is 17.4. The van der Waals surface area contributed by atoms with Crippen molar-refractivity contribution < 1.29 is 9.18 Å². The van der Waals surface area contributed by atoms with E-state index < -0.39 is 11.5 Å². The van der Waals surface area contributed by atoms with Crippen molar-refractivity contribution in [1.29, 1.82) is 0 Å². The number of aromatic amines is 1. The first-order valence-electron chi connectivity index (χ1n) is 7.96. The van der Waals surface area contributed by atoms with Gasteiger partial charge in [0.25, 0.3) is 17.4 Å². The van der Waals surface area contributed by atoms with Crippen molar-refractivity contribution >= 4 is 16.9 Å². The molecule has 0 unspecified atom stereocenters. The van der Waals surface area contributed by atoms with Gasteiger partial charge in [0.05, 0.1) is 12.4 Å². The lowest BCUT2D eigenvalue weighted by Crippen LogP contribution is -2.39. The molecule has 0 radical (unpaired) electrons. The van der Waals surface area contributed by atoms with Crippen molar-refractivity contribution in [2.75, 3.05) is 13.1 Å². The zero-order valence-electron chi connectivity index (χ0n) is 13.2. The Labute approximate surface area is 141 Å². The summed E-state index contributed by atoms with van der Waals surface area (Å²) in [6.45, 7) is 1.01. The first-order chi connectivity index (χ1) is 12.1. The molecule has 1 aliphatic heterocycles. The molecule has 3 aromatic heterocycles. The fourth-order valence-electron chi connectivity index (χ4n) is 3.20. The van der Waals surface area contributed by atoms with Gasteiger partial charge in [-0.25, -0.2) is 4.98 Å². The summed E-state index contributed by atoms with van der Waals surface area (Å²) in [6, 6.07) is 3.20. The summed E-state index contributed by atoms with van der Waals surface area (Å²) < 4.78 is 15.4. The Morgan fingerprint density at radius 3 is 2.68 bits per heavy atom. The normalized spacial score (nSPS) is 15.6. The fourth-order valence-corrected chi connectivity index (χ4v) is 3.20. The number of halogens is 1. The van der Waals surface area contributed by atoms with Crippen LogP contribution in [0.1, 0.15) is 29.2 Å². The van der Waals surface area contributed by atoms with Gasteiger partial charge in [0.1, 0.15) is 0 Å². The van der Waals surface area contributed by atoms with Crippen molar-refractivity contribution in [2.45, 2.75) is 18.9 Å². The maximum Gasteiger partial charge on any atom is 0.277 e. The highest BCUT2D eigenvalue weighted by Crippen LogP contribution is 2.26. The fraction of sp³-hybridized carbons (Fsp3) is 0.312. The average Bonchev–Trinajstić information content (AvgIpc) is 3.00. The van der Waals surface area contributed by atoms with Crippen LogP contribution in [0.4, 0.5) is 4.39 Å². The van der Waals surface area contributed by atoms with Crippen molar-refractivity contribution in [2.24, 2.45) is 0 Å². The van der Waals surface area contributed by atoms with Crippen LogP contribution >= 0.6 is 0 Å². The Balaban J connectivity index is 1.55. The van der Waals surface area contributed by atoms with Crippen molar-refractivity contribution in [3.8, 4) is 0 Å². The van der Waals surface area contributed by atoms with E-state index in [1.807, 2.05) is 0 Å². The first-order valence-corrected chi connectivity index (χ1v) is 7.96. The molecule has 25 heavy (non-hydrogen) atoms. The van der Waals surface area contributed by atoms with E-state index in [1.54, 1.807) is 29.4 Å². The van der Waals surface area contributed by atoms with Gasteiger partial charge in [0.2, 0.25) is 0 Å². The summed E-state index contributed by atoms with van der Waals surface area (Å²) in [4.78, 5) is 36.4. The Bertz CT molecular complexity index is 975. The van der Waals surface area contributed by atoms with Gasteiger partial charge in [0.15, 0.2) is 11.0 Å². The van der Waals surface area contributed by atoms with E-state index in [4.69, 9.17) is 0 Å². The van der Waals surface area contributed by atoms with E-state index in [0.717, 1.165) is 6.33 Å².